The SMILES string of the molecule is O=c1[nH]c(-c2cc(C(F)(F)F)cc(C(F)(F)F)c2)cn1C1CCNCC1. The van der Waals surface area contributed by atoms with Crippen molar-refractivity contribution in [3.8, 4) is 11.3 Å². The van der Waals surface area contributed by atoms with Gasteiger partial charge in [-0.3, -0.25) is 4.57 Å². The molecule has 0 spiro atoms. The van der Waals surface area contributed by atoms with E-state index in [0.717, 1.165) is 0 Å². The van der Waals surface area contributed by atoms with Gasteiger partial charge in [-0.2, -0.15) is 26.3 Å². The molecule has 1 aliphatic heterocycles. The molecule has 10 heteroatoms. The molecule has 142 valence electrons. The molecule has 26 heavy (non-hydrogen) atoms. The van der Waals surface area contributed by atoms with Crippen LogP contribution in [-0.4, -0.2) is 22.6 Å². The zero-order valence-electron chi connectivity index (χ0n) is 13.3. The number of aromatic amines is 1. The average Bonchev–Trinajstić information content (AvgIpc) is 2.95. The standard InChI is InChI=1S/C16H15F6N3O/c17-15(18,19)10-5-9(6-11(7-10)16(20,21)22)13-8-25(14(26)24-13)12-1-3-23-4-2-12/h5-8,12,23H,1-4H2,(H,24,26). The Bertz CT molecular complexity index is 811. The minimum absolute atomic E-state index is 0.0609. The van der Waals surface area contributed by atoms with Crippen LogP contribution in [0.3, 0.4) is 0 Å². The topological polar surface area (TPSA) is 49.8 Å². The van der Waals surface area contributed by atoms with Crippen LogP contribution < -0.4 is 11.0 Å². The maximum Gasteiger partial charge on any atom is 0.416 e. The number of H-pyrrole nitrogens is 1. The molecule has 0 atom stereocenters. The van der Waals surface area contributed by atoms with Crippen LogP contribution in [0.5, 0.6) is 0 Å². The molecule has 0 radical (unpaired) electrons. The first-order valence-corrected chi connectivity index (χ1v) is 7.87. The van der Waals surface area contributed by atoms with Gasteiger partial charge in [0.05, 0.1) is 16.8 Å². The molecule has 1 aromatic carbocycles. The van der Waals surface area contributed by atoms with E-state index in [1.54, 1.807) is 0 Å². The lowest BCUT2D eigenvalue weighted by Gasteiger charge is -2.22. The predicted octanol–water partition coefficient (Wildman–Crippen LogP) is 3.81. The van der Waals surface area contributed by atoms with Gasteiger partial charge in [0.25, 0.3) is 0 Å². The van der Waals surface area contributed by atoms with Crippen molar-refractivity contribution >= 4 is 0 Å². The third-order valence-corrected chi connectivity index (χ3v) is 4.35. The second-order valence-corrected chi connectivity index (χ2v) is 6.16. The first-order chi connectivity index (χ1) is 12.1. The lowest BCUT2D eigenvalue weighted by atomic mass is 10.0. The minimum Gasteiger partial charge on any atom is -0.317 e. The molecule has 2 aromatic rings. The van der Waals surface area contributed by atoms with E-state index in [-0.39, 0.29) is 23.4 Å². The summed E-state index contributed by atoms with van der Waals surface area (Å²) in [6, 6.07) is 1.12. The third-order valence-electron chi connectivity index (χ3n) is 4.35. The van der Waals surface area contributed by atoms with Crippen molar-refractivity contribution in [2.75, 3.05) is 13.1 Å². The van der Waals surface area contributed by atoms with E-state index in [9.17, 15) is 31.1 Å². The monoisotopic (exact) mass is 379 g/mol. The zero-order chi connectivity index (χ0) is 19.1. The number of hydrogen-bond acceptors (Lipinski definition) is 2. The number of aromatic nitrogens is 2. The smallest absolute Gasteiger partial charge is 0.317 e. The van der Waals surface area contributed by atoms with Gasteiger partial charge in [0, 0.05) is 17.8 Å². The Labute approximate surface area is 143 Å². The summed E-state index contributed by atoms with van der Waals surface area (Å²) in [4.78, 5) is 14.5. The van der Waals surface area contributed by atoms with Gasteiger partial charge in [-0.15, -0.1) is 0 Å². The summed E-state index contributed by atoms with van der Waals surface area (Å²) >= 11 is 0. The van der Waals surface area contributed by atoms with Crippen LogP contribution in [0.4, 0.5) is 26.3 Å². The Kier molecular flexibility index (Phi) is 4.63. The summed E-state index contributed by atoms with van der Waals surface area (Å²) in [7, 11) is 0. The highest BCUT2D eigenvalue weighted by molar-refractivity contribution is 5.61. The number of halogens is 6. The lowest BCUT2D eigenvalue weighted by Crippen LogP contribution is -2.32. The second-order valence-electron chi connectivity index (χ2n) is 6.16. The molecular weight excluding hydrogens is 364 g/mol. The molecule has 0 amide bonds. The van der Waals surface area contributed by atoms with Crippen LogP contribution in [0, 0.1) is 0 Å². The molecule has 4 nitrogen and oxygen atoms in total. The molecule has 0 unspecified atom stereocenters. The summed E-state index contributed by atoms with van der Waals surface area (Å²) < 4.78 is 79.2. The molecule has 2 N–H and O–H groups in total. The van der Waals surface area contributed by atoms with Gasteiger partial charge in [-0.1, -0.05) is 0 Å². The van der Waals surface area contributed by atoms with Crippen LogP contribution in [0.15, 0.2) is 29.2 Å². The largest absolute Gasteiger partial charge is 0.416 e. The quantitative estimate of drug-likeness (QED) is 0.780. The van der Waals surface area contributed by atoms with Crippen molar-refractivity contribution in [3.63, 3.8) is 0 Å². The van der Waals surface area contributed by atoms with E-state index in [1.807, 2.05) is 0 Å². The van der Waals surface area contributed by atoms with Crippen LogP contribution in [0.2, 0.25) is 0 Å². The molecule has 0 bridgehead atoms. The Morgan fingerprint density at radius 1 is 0.923 bits per heavy atom. The summed E-state index contributed by atoms with van der Waals surface area (Å²) in [5, 5.41) is 3.12. The molecule has 0 saturated carbocycles. The van der Waals surface area contributed by atoms with Gasteiger partial charge in [0.15, 0.2) is 0 Å². The van der Waals surface area contributed by atoms with Crippen molar-refractivity contribution in [2.24, 2.45) is 0 Å². The van der Waals surface area contributed by atoms with Gasteiger partial charge in [0.2, 0.25) is 0 Å². The van der Waals surface area contributed by atoms with Crippen LogP contribution >= 0.6 is 0 Å². The molecule has 3 rings (SSSR count). The molecule has 1 aromatic heterocycles. The van der Waals surface area contributed by atoms with Crippen LogP contribution in [0.1, 0.15) is 30.0 Å². The van der Waals surface area contributed by atoms with Gasteiger partial charge in [-0.05, 0) is 44.1 Å². The summed E-state index contributed by atoms with van der Waals surface area (Å²) in [6.07, 6.45) is -7.29. The number of rotatable bonds is 2. The highest BCUT2D eigenvalue weighted by Crippen LogP contribution is 2.38. The normalized spacial score (nSPS) is 16.8. The Morgan fingerprint density at radius 3 is 1.96 bits per heavy atom. The zero-order valence-corrected chi connectivity index (χ0v) is 13.3. The number of piperidine rings is 1. The number of imidazole rings is 1. The van der Waals surface area contributed by atoms with Gasteiger partial charge in [0.1, 0.15) is 0 Å². The fraction of sp³-hybridized carbons (Fsp3) is 0.438. The van der Waals surface area contributed by atoms with Crippen molar-refractivity contribution in [1.29, 1.82) is 0 Å². The molecule has 2 heterocycles. The van der Waals surface area contributed by atoms with Gasteiger partial charge >= 0.3 is 18.0 Å². The first kappa shape index (κ1) is 18.6. The maximum atomic E-state index is 13.0. The molecule has 1 aliphatic rings. The molecular formula is C16H15F6N3O. The fourth-order valence-corrected chi connectivity index (χ4v) is 3.02. The number of nitrogens with one attached hydrogen (secondary N) is 2. The van der Waals surface area contributed by atoms with Crippen molar-refractivity contribution < 1.29 is 26.3 Å². The van der Waals surface area contributed by atoms with Crippen molar-refractivity contribution in [3.05, 3.63) is 46.0 Å². The number of hydrogen-bond donors (Lipinski definition) is 2. The average molecular weight is 379 g/mol. The number of alkyl halides is 6. The van der Waals surface area contributed by atoms with Crippen molar-refractivity contribution in [1.82, 2.24) is 14.9 Å². The Morgan fingerprint density at radius 2 is 1.46 bits per heavy atom. The summed E-state index contributed by atoms with van der Waals surface area (Å²) in [5.74, 6) is 0. The number of benzene rings is 1. The lowest BCUT2D eigenvalue weighted by molar-refractivity contribution is -0.143. The summed E-state index contributed by atoms with van der Waals surface area (Å²) in [6.45, 7) is 1.36. The van der Waals surface area contributed by atoms with E-state index in [1.165, 1.54) is 10.8 Å². The second kappa shape index (κ2) is 6.49. The Balaban J connectivity index is 2.07. The fourth-order valence-electron chi connectivity index (χ4n) is 3.02. The van der Waals surface area contributed by atoms with E-state index in [4.69, 9.17) is 0 Å². The van der Waals surface area contributed by atoms with Gasteiger partial charge in [-0.25, -0.2) is 4.79 Å². The maximum absolute atomic E-state index is 13.0. The highest BCUT2D eigenvalue weighted by atomic mass is 19.4. The Hall–Kier alpha value is -2.23. The third kappa shape index (κ3) is 3.79. The van der Waals surface area contributed by atoms with E-state index in [0.29, 0.717) is 38.1 Å². The first-order valence-electron chi connectivity index (χ1n) is 7.87. The van der Waals surface area contributed by atoms with Crippen LogP contribution in [-0.2, 0) is 12.4 Å². The molecule has 1 fully saturated rings. The van der Waals surface area contributed by atoms with Gasteiger partial charge < -0.3 is 10.3 Å². The van der Waals surface area contributed by atoms with Crippen LogP contribution in [0.25, 0.3) is 11.3 Å². The molecule has 1 saturated heterocycles. The number of nitrogens with zero attached hydrogens (tertiary/aromatic N) is 1. The van der Waals surface area contributed by atoms with E-state index >= 15 is 0 Å². The predicted molar refractivity (Wildman–Crippen MR) is 81.6 cm³/mol. The van der Waals surface area contributed by atoms with E-state index < -0.39 is 29.2 Å². The van der Waals surface area contributed by atoms with Crippen molar-refractivity contribution in [2.45, 2.75) is 31.2 Å². The summed E-state index contributed by atoms with van der Waals surface area (Å²) in [5.41, 5.74) is -3.81. The minimum atomic E-state index is -4.94. The molecule has 0 aliphatic carbocycles. The highest BCUT2D eigenvalue weighted by Gasteiger charge is 2.37. The van der Waals surface area contributed by atoms with E-state index in [2.05, 4.69) is 10.3 Å².